The molecule has 0 aromatic heterocycles. The molecule has 1 atom stereocenters. The van der Waals surface area contributed by atoms with Gasteiger partial charge >= 0.3 is 0 Å². The molecule has 6 nitrogen and oxygen atoms in total. The van der Waals surface area contributed by atoms with Gasteiger partial charge in [-0.15, -0.1) is 0 Å². The lowest BCUT2D eigenvalue weighted by Gasteiger charge is -2.25. The third-order valence-corrected chi connectivity index (χ3v) is 5.56. The topological polar surface area (TPSA) is 78.5 Å². The summed E-state index contributed by atoms with van der Waals surface area (Å²) in [6, 6.07) is 16.1. The number of carbonyl (C=O) groups excluding carboxylic acids is 3. The standard InChI is InChI=1S/C25H31N3O3/c1-25(2,3)20-13-11-19(12-14-20)24(31)28-17-7-10-21(28)23(30)27-16-15-26-22(29)18-8-5-4-6-9-18/h4-6,8-9,11-14,21H,7,10,15-17H2,1-3H3,(H,26,29)(H,27,30)/t21-/m1/s1. The van der Waals surface area contributed by atoms with Crippen LogP contribution in [0.15, 0.2) is 54.6 Å². The summed E-state index contributed by atoms with van der Waals surface area (Å²) < 4.78 is 0. The van der Waals surface area contributed by atoms with Gasteiger partial charge in [-0.2, -0.15) is 0 Å². The lowest BCUT2D eigenvalue weighted by atomic mass is 9.86. The normalized spacial score (nSPS) is 16.1. The maximum atomic E-state index is 13.0. The second-order valence-corrected chi connectivity index (χ2v) is 8.90. The number of hydrogen-bond acceptors (Lipinski definition) is 3. The maximum Gasteiger partial charge on any atom is 0.254 e. The first-order chi connectivity index (χ1) is 14.8. The zero-order valence-electron chi connectivity index (χ0n) is 18.5. The van der Waals surface area contributed by atoms with Gasteiger partial charge in [0.15, 0.2) is 0 Å². The van der Waals surface area contributed by atoms with Crippen molar-refractivity contribution in [1.29, 1.82) is 0 Å². The minimum Gasteiger partial charge on any atom is -0.353 e. The number of benzene rings is 2. The fraction of sp³-hybridized carbons (Fsp3) is 0.400. The van der Waals surface area contributed by atoms with Crippen molar-refractivity contribution in [1.82, 2.24) is 15.5 Å². The van der Waals surface area contributed by atoms with Crippen LogP contribution in [0.2, 0.25) is 0 Å². The number of nitrogens with one attached hydrogen (secondary N) is 2. The summed E-state index contributed by atoms with van der Waals surface area (Å²) >= 11 is 0. The molecule has 1 aliphatic heterocycles. The predicted octanol–water partition coefficient (Wildman–Crippen LogP) is 3.13. The molecular weight excluding hydrogens is 390 g/mol. The number of nitrogens with zero attached hydrogens (tertiary/aromatic N) is 1. The lowest BCUT2D eigenvalue weighted by Crippen LogP contribution is -2.47. The molecule has 1 fully saturated rings. The Hall–Kier alpha value is -3.15. The molecule has 6 heteroatoms. The number of amides is 3. The number of hydrogen-bond donors (Lipinski definition) is 2. The van der Waals surface area contributed by atoms with E-state index in [1.807, 2.05) is 30.3 Å². The molecule has 0 unspecified atom stereocenters. The van der Waals surface area contributed by atoms with E-state index < -0.39 is 6.04 Å². The summed E-state index contributed by atoms with van der Waals surface area (Å²) in [6.45, 7) is 7.61. The Morgan fingerprint density at radius 1 is 0.903 bits per heavy atom. The van der Waals surface area contributed by atoms with Gasteiger partial charge in [-0.25, -0.2) is 0 Å². The number of likely N-dealkylation sites (tertiary alicyclic amines) is 1. The van der Waals surface area contributed by atoms with Crippen LogP contribution in [-0.2, 0) is 10.2 Å². The van der Waals surface area contributed by atoms with Crippen LogP contribution in [0.3, 0.4) is 0 Å². The molecule has 2 N–H and O–H groups in total. The van der Waals surface area contributed by atoms with Crippen LogP contribution in [0.25, 0.3) is 0 Å². The highest BCUT2D eigenvalue weighted by atomic mass is 16.2. The summed E-state index contributed by atoms with van der Waals surface area (Å²) in [5.74, 6) is -0.465. The van der Waals surface area contributed by atoms with Crippen molar-refractivity contribution in [2.45, 2.75) is 45.1 Å². The van der Waals surface area contributed by atoms with Crippen molar-refractivity contribution in [3.8, 4) is 0 Å². The first-order valence-corrected chi connectivity index (χ1v) is 10.8. The number of carbonyl (C=O) groups is 3. The van der Waals surface area contributed by atoms with Gasteiger partial charge in [-0.1, -0.05) is 51.1 Å². The van der Waals surface area contributed by atoms with E-state index in [-0.39, 0.29) is 23.1 Å². The molecule has 0 spiro atoms. The van der Waals surface area contributed by atoms with Gasteiger partial charge in [0.1, 0.15) is 6.04 Å². The quantitative estimate of drug-likeness (QED) is 0.704. The molecule has 0 aliphatic carbocycles. The van der Waals surface area contributed by atoms with Crippen molar-refractivity contribution in [3.63, 3.8) is 0 Å². The average molecular weight is 422 g/mol. The summed E-state index contributed by atoms with van der Waals surface area (Å²) in [5, 5.41) is 5.64. The molecule has 1 aliphatic rings. The van der Waals surface area contributed by atoms with E-state index in [1.165, 1.54) is 0 Å². The van der Waals surface area contributed by atoms with Crippen molar-refractivity contribution < 1.29 is 14.4 Å². The Bertz CT molecular complexity index is 917. The lowest BCUT2D eigenvalue weighted by molar-refractivity contribution is -0.124. The van der Waals surface area contributed by atoms with E-state index >= 15 is 0 Å². The van der Waals surface area contributed by atoms with E-state index in [9.17, 15) is 14.4 Å². The maximum absolute atomic E-state index is 13.0. The SMILES string of the molecule is CC(C)(C)c1ccc(C(=O)N2CCC[C@@H]2C(=O)NCCNC(=O)c2ccccc2)cc1. The Kier molecular flexibility index (Phi) is 7.10. The van der Waals surface area contributed by atoms with Gasteiger partial charge in [0.05, 0.1) is 0 Å². The minimum atomic E-state index is -0.473. The smallest absolute Gasteiger partial charge is 0.254 e. The highest BCUT2D eigenvalue weighted by molar-refractivity contribution is 5.98. The van der Waals surface area contributed by atoms with Gasteiger partial charge in [0.2, 0.25) is 5.91 Å². The highest BCUT2D eigenvalue weighted by Gasteiger charge is 2.34. The first kappa shape index (κ1) is 22.5. The molecule has 1 saturated heterocycles. The second kappa shape index (κ2) is 9.77. The summed E-state index contributed by atoms with van der Waals surface area (Å²) in [4.78, 5) is 39.4. The monoisotopic (exact) mass is 421 g/mol. The van der Waals surface area contributed by atoms with Crippen molar-refractivity contribution in [2.75, 3.05) is 19.6 Å². The Labute approximate surface area is 184 Å². The molecular formula is C25H31N3O3. The van der Waals surface area contributed by atoms with E-state index in [1.54, 1.807) is 29.2 Å². The molecule has 31 heavy (non-hydrogen) atoms. The molecule has 3 amide bonds. The van der Waals surface area contributed by atoms with Crippen molar-refractivity contribution >= 4 is 17.7 Å². The average Bonchev–Trinajstić information content (AvgIpc) is 3.26. The van der Waals surface area contributed by atoms with E-state index in [2.05, 4.69) is 31.4 Å². The zero-order chi connectivity index (χ0) is 22.4. The molecule has 1 heterocycles. The Morgan fingerprint density at radius 2 is 1.55 bits per heavy atom. The highest BCUT2D eigenvalue weighted by Crippen LogP contribution is 2.24. The van der Waals surface area contributed by atoms with Gasteiger partial charge in [-0.05, 0) is 48.1 Å². The second-order valence-electron chi connectivity index (χ2n) is 8.90. The fourth-order valence-electron chi connectivity index (χ4n) is 3.73. The van der Waals surface area contributed by atoms with Crippen molar-refractivity contribution in [2.24, 2.45) is 0 Å². The van der Waals surface area contributed by atoms with E-state index in [4.69, 9.17) is 0 Å². The third kappa shape index (κ3) is 5.72. The van der Waals surface area contributed by atoms with Gasteiger partial charge < -0.3 is 15.5 Å². The zero-order valence-corrected chi connectivity index (χ0v) is 18.5. The minimum absolute atomic E-state index is 0.0214. The molecule has 0 bridgehead atoms. The van der Waals surface area contributed by atoms with Gasteiger partial charge in [0, 0.05) is 30.8 Å². The van der Waals surface area contributed by atoms with Crippen LogP contribution in [0.4, 0.5) is 0 Å². The molecule has 2 aromatic carbocycles. The fourth-order valence-corrected chi connectivity index (χ4v) is 3.73. The van der Waals surface area contributed by atoms with E-state index in [0.717, 1.165) is 12.0 Å². The van der Waals surface area contributed by atoms with Gasteiger partial charge in [-0.3, -0.25) is 14.4 Å². The molecule has 0 radical (unpaired) electrons. The summed E-state index contributed by atoms with van der Waals surface area (Å²) in [7, 11) is 0. The van der Waals surface area contributed by atoms with Gasteiger partial charge in [0.25, 0.3) is 11.8 Å². The van der Waals surface area contributed by atoms with Crippen LogP contribution in [-0.4, -0.2) is 48.3 Å². The summed E-state index contributed by atoms with van der Waals surface area (Å²) in [6.07, 6.45) is 1.45. The summed E-state index contributed by atoms with van der Waals surface area (Å²) in [5.41, 5.74) is 2.37. The predicted molar refractivity (Wildman–Crippen MR) is 121 cm³/mol. The molecule has 2 aromatic rings. The Balaban J connectivity index is 1.51. The number of rotatable bonds is 6. The largest absolute Gasteiger partial charge is 0.353 e. The van der Waals surface area contributed by atoms with E-state index in [0.29, 0.717) is 37.2 Å². The first-order valence-electron chi connectivity index (χ1n) is 10.8. The van der Waals surface area contributed by atoms with Crippen LogP contribution in [0.5, 0.6) is 0 Å². The molecule has 0 saturated carbocycles. The van der Waals surface area contributed by atoms with Crippen LogP contribution in [0.1, 0.15) is 59.9 Å². The van der Waals surface area contributed by atoms with Crippen molar-refractivity contribution in [3.05, 3.63) is 71.3 Å². The van der Waals surface area contributed by atoms with Crippen LogP contribution in [0, 0.1) is 0 Å². The third-order valence-electron chi connectivity index (χ3n) is 5.56. The Morgan fingerprint density at radius 3 is 2.19 bits per heavy atom. The van der Waals surface area contributed by atoms with Crippen LogP contribution < -0.4 is 10.6 Å². The molecule has 3 rings (SSSR count). The molecule has 164 valence electrons. The van der Waals surface area contributed by atoms with Crippen LogP contribution >= 0.6 is 0 Å².